The van der Waals surface area contributed by atoms with Crippen LogP contribution in [0.15, 0.2) is 95.0 Å². The van der Waals surface area contributed by atoms with Gasteiger partial charge in [0, 0.05) is 10.6 Å². The van der Waals surface area contributed by atoms with E-state index in [0.717, 1.165) is 16.0 Å². The molecule has 11 heteroatoms. The van der Waals surface area contributed by atoms with Gasteiger partial charge >= 0.3 is 6.03 Å². The fourth-order valence-electron chi connectivity index (χ4n) is 4.04. The molecular formula is C31H20BrCl3N2O5. The monoisotopic (exact) mass is 684 g/mol. The third-order valence-electron chi connectivity index (χ3n) is 6.19. The van der Waals surface area contributed by atoms with Crippen molar-refractivity contribution < 1.29 is 23.9 Å². The number of nitrogens with one attached hydrogen (secondary N) is 1. The number of imide groups is 2. The minimum atomic E-state index is -0.848. The van der Waals surface area contributed by atoms with Gasteiger partial charge in [0.15, 0.2) is 0 Å². The second-order valence-electron chi connectivity index (χ2n) is 9.06. The Bertz CT molecular complexity index is 1730. The highest BCUT2D eigenvalue weighted by Crippen LogP contribution is 2.30. The molecular weight excluding hydrogens is 667 g/mol. The highest BCUT2D eigenvalue weighted by Gasteiger charge is 2.36. The SMILES string of the molecule is O=C1NC(=O)N(c2ccc(OCc3ccccc3Cl)cc2)C(=O)/C1=C/c1ccc(OCc2ccc(Cl)c(Cl)c2)c(Br)c1. The number of urea groups is 1. The first-order valence-corrected chi connectivity index (χ1v) is 14.4. The van der Waals surface area contributed by atoms with Crippen LogP contribution in [0.25, 0.3) is 6.08 Å². The van der Waals surface area contributed by atoms with Crippen LogP contribution < -0.4 is 19.7 Å². The van der Waals surface area contributed by atoms with Crippen molar-refractivity contribution in [2.45, 2.75) is 13.2 Å². The van der Waals surface area contributed by atoms with E-state index in [1.165, 1.54) is 6.08 Å². The number of rotatable bonds is 8. The molecule has 0 atom stereocenters. The van der Waals surface area contributed by atoms with Gasteiger partial charge in [0.1, 0.15) is 30.3 Å². The van der Waals surface area contributed by atoms with Gasteiger partial charge in [-0.3, -0.25) is 14.9 Å². The van der Waals surface area contributed by atoms with Gasteiger partial charge in [-0.05, 0) is 87.7 Å². The van der Waals surface area contributed by atoms with Crippen molar-refractivity contribution >= 4 is 80.3 Å². The van der Waals surface area contributed by atoms with Crippen molar-refractivity contribution in [2.75, 3.05) is 4.90 Å². The first-order valence-electron chi connectivity index (χ1n) is 12.4. The highest BCUT2D eigenvalue weighted by atomic mass is 79.9. The van der Waals surface area contributed by atoms with Gasteiger partial charge in [-0.1, -0.05) is 65.1 Å². The number of hydrogen-bond acceptors (Lipinski definition) is 5. The normalized spacial score (nSPS) is 14.2. The summed E-state index contributed by atoms with van der Waals surface area (Å²) in [5, 5.41) is 3.70. The Morgan fingerprint density at radius 1 is 0.786 bits per heavy atom. The molecule has 0 bridgehead atoms. The van der Waals surface area contributed by atoms with Gasteiger partial charge in [0.05, 0.1) is 20.2 Å². The molecule has 42 heavy (non-hydrogen) atoms. The Morgan fingerprint density at radius 3 is 2.26 bits per heavy atom. The molecule has 4 amide bonds. The lowest BCUT2D eigenvalue weighted by Gasteiger charge is -2.26. The number of carbonyl (C=O) groups excluding carboxylic acids is 3. The van der Waals surface area contributed by atoms with Crippen molar-refractivity contribution in [3.05, 3.63) is 127 Å². The second kappa shape index (κ2) is 13.0. The molecule has 0 unspecified atom stereocenters. The Hall–Kier alpha value is -3.82. The predicted molar refractivity (Wildman–Crippen MR) is 166 cm³/mol. The number of ether oxygens (including phenoxy) is 2. The maximum absolute atomic E-state index is 13.3. The van der Waals surface area contributed by atoms with Gasteiger partial charge in [-0.25, -0.2) is 9.69 Å². The number of anilines is 1. The van der Waals surface area contributed by atoms with Gasteiger partial charge in [0.25, 0.3) is 11.8 Å². The summed E-state index contributed by atoms with van der Waals surface area (Å²) in [6.45, 7) is 0.496. The summed E-state index contributed by atoms with van der Waals surface area (Å²) in [5.41, 5.74) is 2.26. The van der Waals surface area contributed by atoms with Gasteiger partial charge in [-0.15, -0.1) is 0 Å². The van der Waals surface area contributed by atoms with E-state index >= 15 is 0 Å². The number of amides is 4. The minimum Gasteiger partial charge on any atom is -0.489 e. The first-order chi connectivity index (χ1) is 20.2. The lowest BCUT2D eigenvalue weighted by Crippen LogP contribution is -2.54. The number of nitrogens with zero attached hydrogens (tertiary/aromatic N) is 1. The van der Waals surface area contributed by atoms with Crippen LogP contribution in [0.3, 0.4) is 0 Å². The van der Waals surface area contributed by atoms with Crippen molar-refractivity contribution in [3.63, 3.8) is 0 Å². The van der Waals surface area contributed by atoms with E-state index in [9.17, 15) is 14.4 Å². The molecule has 1 N–H and O–H groups in total. The summed E-state index contributed by atoms with van der Waals surface area (Å²) in [4.78, 5) is 39.5. The third kappa shape index (κ3) is 6.79. The van der Waals surface area contributed by atoms with E-state index in [-0.39, 0.29) is 24.5 Å². The molecule has 1 aliphatic rings. The van der Waals surface area contributed by atoms with Crippen molar-refractivity contribution in [1.82, 2.24) is 5.32 Å². The topological polar surface area (TPSA) is 84.9 Å². The molecule has 0 saturated carbocycles. The van der Waals surface area contributed by atoms with Crippen LogP contribution in [0.4, 0.5) is 10.5 Å². The van der Waals surface area contributed by atoms with E-state index < -0.39 is 17.8 Å². The number of halogens is 4. The molecule has 7 nitrogen and oxygen atoms in total. The number of benzene rings is 4. The Morgan fingerprint density at radius 2 is 1.55 bits per heavy atom. The molecule has 1 fully saturated rings. The van der Waals surface area contributed by atoms with E-state index in [1.807, 2.05) is 24.3 Å². The molecule has 5 rings (SSSR count). The van der Waals surface area contributed by atoms with E-state index in [1.54, 1.807) is 60.7 Å². The van der Waals surface area contributed by atoms with Crippen LogP contribution in [0, 0.1) is 0 Å². The maximum atomic E-state index is 13.3. The van der Waals surface area contributed by atoms with E-state index in [2.05, 4.69) is 21.2 Å². The molecule has 1 saturated heterocycles. The zero-order valence-electron chi connectivity index (χ0n) is 21.6. The lowest BCUT2D eigenvalue weighted by molar-refractivity contribution is -0.122. The van der Waals surface area contributed by atoms with Crippen LogP contribution in [0.2, 0.25) is 15.1 Å². The zero-order chi connectivity index (χ0) is 29.8. The predicted octanol–water partition coefficient (Wildman–Crippen LogP) is 8.23. The summed E-state index contributed by atoms with van der Waals surface area (Å²) in [6.07, 6.45) is 1.41. The van der Waals surface area contributed by atoms with E-state index in [0.29, 0.717) is 36.6 Å². The molecule has 1 heterocycles. The summed E-state index contributed by atoms with van der Waals surface area (Å²) in [7, 11) is 0. The average molecular weight is 687 g/mol. The van der Waals surface area contributed by atoms with Crippen LogP contribution in [-0.4, -0.2) is 17.8 Å². The molecule has 4 aromatic rings. The largest absolute Gasteiger partial charge is 0.489 e. The smallest absolute Gasteiger partial charge is 0.335 e. The quantitative estimate of drug-likeness (QED) is 0.149. The summed E-state index contributed by atoms with van der Waals surface area (Å²) in [5.74, 6) is -0.500. The third-order valence-corrected chi connectivity index (χ3v) is 7.92. The second-order valence-corrected chi connectivity index (χ2v) is 11.1. The summed E-state index contributed by atoms with van der Waals surface area (Å²) in [6, 6.07) is 23.2. The van der Waals surface area contributed by atoms with Gasteiger partial charge in [0.2, 0.25) is 0 Å². The van der Waals surface area contributed by atoms with Gasteiger partial charge < -0.3 is 9.47 Å². The van der Waals surface area contributed by atoms with E-state index in [4.69, 9.17) is 44.3 Å². The van der Waals surface area contributed by atoms with Crippen LogP contribution >= 0.6 is 50.7 Å². The molecule has 0 aliphatic carbocycles. The molecule has 1 aliphatic heterocycles. The van der Waals surface area contributed by atoms with Crippen molar-refractivity contribution in [1.29, 1.82) is 0 Å². The molecule has 212 valence electrons. The Labute approximate surface area is 264 Å². The van der Waals surface area contributed by atoms with Crippen molar-refractivity contribution in [2.24, 2.45) is 0 Å². The Kier molecular flexibility index (Phi) is 9.18. The standard InChI is InChI=1S/C31H20BrCl3N2O5/c32-24-14-18(6-12-28(24)42-16-19-5-11-26(34)27(35)15-19)13-23-29(38)36-31(40)37(30(23)39)21-7-9-22(10-8-21)41-17-20-3-1-2-4-25(20)33/h1-15H,16-17H2,(H,36,38,40)/b23-13+. The number of barbiturate groups is 1. The molecule has 0 spiro atoms. The minimum absolute atomic E-state index is 0.204. The summed E-state index contributed by atoms with van der Waals surface area (Å²) < 4.78 is 12.2. The first kappa shape index (κ1) is 29.7. The fraction of sp³-hybridized carbons (Fsp3) is 0.0645. The number of hydrogen-bond donors (Lipinski definition) is 1. The fourth-order valence-corrected chi connectivity index (χ4v) is 5.06. The maximum Gasteiger partial charge on any atom is 0.335 e. The molecule has 0 aromatic heterocycles. The number of carbonyl (C=O) groups is 3. The van der Waals surface area contributed by atoms with Crippen LogP contribution in [0.1, 0.15) is 16.7 Å². The highest BCUT2D eigenvalue weighted by molar-refractivity contribution is 9.10. The van der Waals surface area contributed by atoms with Gasteiger partial charge in [-0.2, -0.15) is 0 Å². The van der Waals surface area contributed by atoms with Crippen molar-refractivity contribution in [3.8, 4) is 11.5 Å². The van der Waals surface area contributed by atoms with Crippen LogP contribution in [-0.2, 0) is 22.8 Å². The molecule has 0 radical (unpaired) electrons. The Balaban J connectivity index is 1.29. The molecule has 4 aromatic carbocycles. The average Bonchev–Trinajstić information content (AvgIpc) is 2.97. The summed E-state index contributed by atoms with van der Waals surface area (Å²) >= 11 is 21.7. The zero-order valence-corrected chi connectivity index (χ0v) is 25.4. The van der Waals surface area contributed by atoms with Crippen LogP contribution in [0.5, 0.6) is 11.5 Å². The lowest BCUT2D eigenvalue weighted by atomic mass is 10.1.